The number of benzene rings is 1. The van der Waals surface area contributed by atoms with Gasteiger partial charge in [-0.3, -0.25) is 0 Å². The number of aryl methyl sites for hydroxylation is 1. The molecule has 0 aliphatic rings. The maximum Gasteiger partial charge on any atom is 0.127 e. The SMILES string of the molecule is CCSC(C)CCCC(SCC)c1c(OC)cc(C)cc1OC. The van der Waals surface area contributed by atoms with E-state index in [0.29, 0.717) is 5.25 Å². The van der Waals surface area contributed by atoms with Crippen LogP contribution in [0, 0.1) is 6.92 Å². The molecule has 0 aromatic heterocycles. The van der Waals surface area contributed by atoms with Crippen LogP contribution >= 0.6 is 23.5 Å². The maximum absolute atomic E-state index is 5.66. The first-order valence-electron chi connectivity index (χ1n) is 8.52. The highest BCUT2D eigenvalue weighted by atomic mass is 32.2. The Morgan fingerprint density at radius 2 is 1.52 bits per heavy atom. The van der Waals surface area contributed by atoms with Gasteiger partial charge in [0.15, 0.2) is 0 Å². The lowest BCUT2D eigenvalue weighted by atomic mass is 10.0. The Morgan fingerprint density at radius 3 is 2.00 bits per heavy atom. The highest BCUT2D eigenvalue weighted by molar-refractivity contribution is 7.99. The van der Waals surface area contributed by atoms with Crippen molar-refractivity contribution in [3.8, 4) is 11.5 Å². The second kappa shape index (κ2) is 11.1. The minimum absolute atomic E-state index is 0.435. The standard InChI is InChI=1S/C19H32O2S2/c1-7-22-15(4)10-9-11-18(23-8-2)19-16(20-5)12-14(3)13-17(19)21-6/h12-13,15,18H,7-11H2,1-6H3. The lowest BCUT2D eigenvalue weighted by Gasteiger charge is -2.23. The third-order valence-electron chi connectivity index (χ3n) is 3.91. The Labute approximate surface area is 151 Å². The van der Waals surface area contributed by atoms with E-state index in [-0.39, 0.29) is 0 Å². The zero-order chi connectivity index (χ0) is 17.2. The van der Waals surface area contributed by atoms with Gasteiger partial charge in [-0.25, -0.2) is 0 Å². The van der Waals surface area contributed by atoms with Gasteiger partial charge in [0, 0.05) is 16.1 Å². The summed E-state index contributed by atoms with van der Waals surface area (Å²) in [6, 6.07) is 4.24. The van der Waals surface area contributed by atoms with E-state index in [0.717, 1.165) is 22.5 Å². The van der Waals surface area contributed by atoms with Gasteiger partial charge in [-0.05, 0) is 49.0 Å². The third kappa shape index (κ3) is 6.50. The van der Waals surface area contributed by atoms with Gasteiger partial charge in [-0.15, -0.1) is 0 Å². The molecule has 2 atom stereocenters. The van der Waals surface area contributed by atoms with E-state index in [1.165, 1.54) is 36.1 Å². The number of hydrogen-bond acceptors (Lipinski definition) is 4. The molecule has 2 nitrogen and oxygen atoms in total. The predicted molar refractivity (Wildman–Crippen MR) is 107 cm³/mol. The average molecular weight is 357 g/mol. The van der Waals surface area contributed by atoms with Crippen molar-refractivity contribution in [2.75, 3.05) is 25.7 Å². The molecular weight excluding hydrogens is 324 g/mol. The molecule has 0 aliphatic carbocycles. The first kappa shape index (κ1) is 20.6. The summed E-state index contributed by atoms with van der Waals surface area (Å²) < 4.78 is 11.3. The second-order valence-electron chi connectivity index (χ2n) is 5.72. The molecule has 0 saturated heterocycles. The van der Waals surface area contributed by atoms with Gasteiger partial charge in [0.2, 0.25) is 0 Å². The van der Waals surface area contributed by atoms with Gasteiger partial charge >= 0.3 is 0 Å². The topological polar surface area (TPSA) is 18.5 Å². The number of hydrogen-bond donors (Lipinski definition) is 0. The molecule has 132 valence electrons. The van der Waals surface area contributed by atoms with Crippen LogP contribution in [0.2, 0.25) is 0 Å². The lowest BCUT2D eigenvalue weighted by Crippen LogP contribution is -2.04. The molecule has 2 unspecified atom stereocenters. The van der Waals surface area contributed by atoms with Crippen LogP contribution in [0.4, 0.5) is 0 Å². The maximum atomic E-state index is 5.66. The van der Waals surface area contributed by atoms with E-state index in [1.54, 1.807) is 14.2 Å². The molecule has 1 aromatic rings. The number of ether oxygens (including phenoxy) is 2. The van der Waals surface area contributed by atoms with Crippen molar-refractivity contribution in [3.63, 3.8) is 0 Å². The van der Waals surface area contributed by atoms with Gasteiger partial charge < -0.3 is 9.47 Å². The Bertz CT molecular complexity index is 438. The van der Waals surface area contributed by atoms with Crippen molar-refractivity contribution in [2.45, 2.75) is 57.5 Å². The quantitative estimate of drug-likeness (QED) is 0.475. The van der Waals surface area contributed by atoms with Crippen molar-refractivity contribution in [1.82, 2.24) is 0 Å². The molecule has 0 aliphatic heterocycles. The van der Waals surface area contributed by atoms with Gasteiger partial charge in [-0.1, -0.05) is 27.2 Å². The molecule has 0 radical (unpaired) electrons. The van der Waals surface area contributed by atoms with Crippen molar-refractivity contribution in [2.24, 2.45) is 0 Å². The largest absolute Gasteiger partial charge is 0.496 e. The zero-order valence-electron chi connectivity index (χ0n) is 15.5. The first-order chi connectivity index (χ1) is 11.1. The fourth-order valence-corrected chi connectivity index (χ4v) is 4.90. The Kier molecular flexibility index (Phi) is 9.96. The Balaban J connectivity index is 2.91. The average Bonchev–Trinajstić information content (AvgIpc) is 2.53. The number of rotatable bonds is 11. The first-order valence-corrected chi connectivity index (χ1v) is 10.6. The van der Waals surface area contributed by atoms with Gasteiger partial charge in [0.05, 0.1) is 14.2 Å². The van der Waals surface area contributed by atoms with Crippen LogP contribution in [-0.4, -0.2) is 31.0 Å². The fraction of sp³-hybridized carbons (Fsp3) is 0.684. The summed E-state index contributed by atoms with van der Waals surface area (Å²) in [5.41, 5.74) is 2.40. The van der Waals surface area contributed by atoms with Crippen molar-refractivity contribution in [3.05, 3.63) is 23.3 Å². The van der Waals surface area contributed by atoms with E-state index in [2.05, 4.69) is 51.6 Å². The van der Waals surface area contributed by atoms with Crippen molar-refractivity contribution < 1.29 is 9.47 Å². The highest BCUT2D eigenvalue weighted by Gasteiger charge is 2.21. The van der Waals surface area contributed by atoms with Crippen LogP contribution in [0.15, 0.2) is 12.1 Å². The molecule has 0 fully saturated rings. The summed E-state index contributed by atoms with van der Waals surface area (Å²) in [6.07, 6.45) is 3.69. The highest BCUT2D eigenvalue weighted by Crippen LogP contribution is 2.44. The summed E-state index contributed by atoms with van der Waals surface area (Å²) in [5.74, 6) is 4.23. The molecule has 0 N–H and O–H groups in total. The minimum atomic E-state index is 0.435. The Hall–Kier alpha value is -0.480. The molecule has 0 bridgehead atoms. The van der Waals surface area contributed by atoms with Crippen molar-refractivity contribution >= 4 is 23.5 Å². The Morgan fingerprint density at radius 1 is 0.957 bits per heavy atom. The summed E-state index contributed by atoms with van der Waals surface area (Å²) in [4.78, 5) is 0. The number of thioether (sulfide) groups is 2. The molecule has 4 heteroatoms. The van der Waals surface area contributed by atoms with E-state index in [1.807, 2.05) is 11.8 Å². The van der Waals surface area contributed by atoms with Gasteiger partial charge in [-0.2, -0.15) is 23.5 Å². The summed E-state index contributed by atoms with van der Waals surface area (Å²) >= 11 is 4.05. The van der Waals surface area contributed by atoms with Gasteiger partial charge in [0.25, 0.3) is 0 Å². The fourth-order valence-electron chi connectivity index (χ4n) is 2.86. The smallest absolute Gasteiger partial charge is 0.127 e. The molecule has 0 heterocycles. The molecule has 1 rings (SSSR count). The van der Waals surface area contributed by atoms with E-state index in [4.69, 9.17) is 9.47 Å². The molecule has 0 amide bonds. The molecule has 23 heavy (non-hydrogen) atoms. The summed E-state index contributed by atoms with van der Waals surface area (Å²) in [6.45, 7) is 8.88. The molecule has 0 spiro atoms. The van der Waals surface area contributed by atoms with Crippen molar-refractivity contribution in [1.29, 1.82) is 0 Å². The van der Waals surface area contributed by atoms with Crippen LogP contribution < -0.4 is 9.47 Å². The summed E-state index contributed by atoms with van der Waals surface area (Å²) in [5, 5.41) is 1.18. The number of methoxy groups -OCH3 is 2. The lowest BCUT2D eigenvalue weighted by molar-refractivity contribution is 0.383. The van der Waals surface area contributed by atoms with Crippen LogP contribution in [0.25, 0.3) is 0 Å². The second-order valence-corrected chi connectivity index (χ2v) is 8.92. The van der Waals surface area contributed by atoms with Gasteiger partial charge in [0.1, 0.15) is 11.5 Å². The normalized spacial score (nSPS) is 13.7. The van der Waals surface area contributed by atoms with E-state index >= 15 is 0 Å². The zero-order valence-corrected chi connectivity index (χ0v) is 17.1. The molecular formula is C19H32O2S2. The third-order valence-corrected chi connectivity index (χ3v) is 6.25. The van der Waals surface area contributed by atoms with E-state index < -0.39 is 0 Å². The molecule has 0 saturated carbocycles. The van der Waals surface area contributed by atoms with Crippen LogP contribution in [0.1, 0.15) is 56.4 Å². The van der Waals surface area contributed by atoms with Crippen LogP contribution in [0.5, 0.6) is 11.5 Å². The van der Waals surface area contributed by atoms with Crippen LogP contribution in [0.3, 0.4) is 0 Å². The predicted octanol–water partition coefficient (Wildman–Crippen LogP) is 6.12. The monoisotopic (exact) mass is 356 g/mol. The van der Waals surface area contributed by atoms with Crippen LogP contribution in [-0.2, 0) is 0 Å². The molecule has 1 aromatic carbocycles. The minimum Gasteiger partial charge on any atom is -0.496 e. The van der Waals surface area contributed by atoms with E-state index in [9.17, 15) is 0 Å². The summed E-state index contributed by atoms with van der Waals surface area (Å²) in [7, 11) is 3.51.